The van der Waals surface area contributed by atoms with Crippen LogP contribution < -0.4 is 4.74 Å². The van der Waals surface area contributed by atoms with Gasteiger partial charge >= 0.3 is 0 Å². The molecule has 0 N–H and O–H groups in total. The quantitative estimate of drug-likeness (QED) is 0.201. The Kier molecular flexibility index (Phi) is 5.27. The molecule has 8 aromatic carbocycles. The van der Waals surface area contributed by atoms with E-state index in [0.717, 1.165) is 17.1 Å². The zero-order chi connectivity index (χ0) is 30.2. The minimum absolute atomic E-state index is 0.517. The average molecular weight is 585 g/mol. The largest absolute Gasteiger partial charge is 0.456 e. The summed E-state index contributed by atoms with van der Waals surface area (Å²) in [4.78, 5) is 0. The van der Waals surface area contributed by atoms with E-state index < -0.39 is 5.41 Å². The Morgan fingerprint density at radius 1 is 0.348 bits per heavy atom. The maximum absolute atomic E-state index is 6.49. The van der Waals surface area contributed by atoms with Crippen molar-refractivity contribution < 1.29 is 4.74 Å². The molecule has 0 bridgehead atoms. The van der Waals surface area contributed by atoms with Crippen molar-refractivity contribution in [2.75, 3.05) is 0 Å². The zero-order valence-corrected chi connectivity index (χ0v) is 25.1. The molecule has 0 saturated heterocycles. The molecule has 46 heavy (non-hydrogen) atoms. The fraction of sp³-hybridized carbons (Fsp3) is 0.0222. The minimum atomic E-state index is -0.517. The van der Waals surface area contributed by atoms with Crippen LogP contribution in [0.25, 0.3) is 54.9 Å². The van der Waals surface area contributed by atoms with Crippen molar-refractivity contribution in [2.24, 2.45) is 0 Å². The highest BCUT2D eigenvalue weighted by molar-refractivity contribution is 6.10. The van der Waals surface area contributed by atoms with E-state index in [0.29, 0.717) is 0 Å². The van der Waals surface area contributed by atoms with Gasteiger partial charge in [-0.1, -0.05) is 146 Å². The molecule has 0 fully saturated rings. The summed E-state index contributed by atoms with van der Waals surface area (Å²) in [6, 6.07) is 62.2. The SMILES string of the molecule is c1ccc(C2(c3ccccc3-c3ccc4c5c(cccc35)-c3ccccc3O4)c3ccccc3-c3cc4ccccc4cc32)cc1. The smallest absolute Gasteiger partial charge is 0.135 e. The van der Waals surface area contributed by atoms with Crippen LogP contribution in [0, 0.1) is 0 Å². The van der Waals surface area contributed by atoms with Gasteiger partial charge in [0.15, 0.2) is 0 Å². The van der Waals surface area contributed by atoms with Gasteiger partial charge in [0.05, 0.1) is 5.41 Å². The van der Waals surface area contributed by atoms with Gasteiger partial charge in [0.1, 0.15) is 11.5 Å². The number of hydrogen-bond donors (Lipinski definition) is 0. The van der Waals surface area contributed by atoms with Crippen LogP contribution in [-0.4, -0.2) is 0 Å². The van der Waals surface area contributed by atoms with Crippen LogP contribution in [-0.2, 0) is 5.41 Å². The van der Waals surface area contributed by atoms with Crippen molar-refractivity contribution in [2.45, 2.75) is 5.41 Å². The van der Waals surface area contributed by atoms with Crippen LogP contribution in [0.3, 0.4) is 0 Å². The lowest BCUT2D eigenvalue weighted by molar-refractivity contribution is 0.487. The molecule has 1 unspecified atom stereocenters. The summed E-state index contributed by atoms with van der Waals surface area (Å²) in [7, 11) is 0. The average Bonchev–Trinajstić information content (AvgIpc) is 3.41. The summed E-state index contributed by atoms with van der Waals surface area (Å²) < 4.78 is 6.49. The van der Waals surface area contributed by atoms with Gasteiger partial charge in [-0.25, -0.2) is 0 Å². The monoisotopic (exact) mass is 584 g/mol. The lowest BCUT2D eigenvalue weighted by Crippen LogP contribution is -2.29. The Hall–Kier alpha value is -5.92. The van der Waals surface area contributed by atoms with E-state index in [1.165, 1.54) is 71.6 Å². The Balaban J connectivity index is 1.33. The van der Waals surface area contributed by atoms with Gasteiger partial charge in [-0.15, -0.1) is 0 Å². The van der Waals surface area contributed by atoms with Gasteiger partial charge in [0.25, 0.3) is 0 Å². The molecule has 0 radical (unpaired) electrons. The second-order valence-corrected chi connectivity index (χ2v) is 12.4. The minimum Gasteiger partial charge on any atom is -0.456 e. The molecule has 8 aromatic rings. The molecule has 1 aliphatic carbocycles. The van der Waals surface area contributed by atoms with Crippen LogP contribution in [0.1, 0.15) is 22.3 Å². The normalized spacial score (nSPS) is 15.7. The molecular weight excluding hydrogens is 556 g/mol. The summed E-state index contributed by atoms with van der Waals surface area (Å²) in [5, 5.41) is 4.88. The third kappa shape index (κ3) is 3.35. The summed E-state index contributed by atoms with van der Waals surface area (Å²) >= 11 is 0. The van der Waals surface area contributed by atoms with Crippen molar-refractivity contribution in [3.05, 3.63) is 192 Å². The van der Waals surface area contributed by atoms with E-state index in [4.69, 9.17) is 4.74 Å². The third-order valence-corrected chi connectivity index (χ3v) is 10.1. The fourth-order valence-corrected chi connectivity index (χ4v) is 8.27. The number of hydrogen-bond acceptors (Lipinski definition) is 1. The second kappa shape index (κ2) is 9.54. The van der Waals surface area contributed by atoms with E-state index in [9.17, 15) is 0 Å². The molecule has 0 amide bonds. The number of para-hydroxylation sites is 1. The lowest BCUT2D eigenvalue weighted by atomic mass is 9.65. The van der Waals surface area contributed by atoms with Crippen molar-refractivity contribution in [3.8, 4) is 44.9 Å². The van der Waals surface area contributed by atoms with Crippen molar-refractivity contribution in [1.29, 1.82) is 0 Å². The maximum Gasteiger partial charge on any atom is 0.135 e. The van der Waals surface area contributed by atoms with Crippen LogP contribution in [0.5, 0.6) is 11.5 Å². The first-order valence-corrected chi connectivity index (χ1v) is 15.9. The number of ether oxygens (including phenoxy) is 1. The summed E-state index contributed by atoms with van der Waals surface area (Å²) in [5.41, 5.74) is 12.1. The molecule has 1 nitrogen and oxygen atoms in total. The Morgan fingerprint density at radius 2 is 0.957 bits per heavy atom. The first-order valence-electron chi connectivity index (χ1n) is 15.9. The van der Waals surface area contributed by atoms with E-state index in [-0.39, 0.29) is 0 Å². The Bertz CT molecular complexity index is 2510. The predicted molar refractivity (Wildman–Crippen MR) is 190 cm³/mol. The lowest BCUT2D eigenvalue weighted by Gasteiger charge is -2.36. The van der Waals surface area contributed by atoms with Gasteiger partial charge in [0, 0.05) is 10.9 Å². The number of benzene rings is 8. The van der Waals surface area contributed by atoms with E-state index in [2.05, 4.69) is 164 Å². The first kappa shape index (κ1) is 25.4. The summed E-state index contributed by atoms with van der Waals surface area (Å²) in [6.45, 7) is 0. The van der Waals surface area contributed by atoms with E-state index >= 15 is 0 Å². The second-order valence-electron chi connectivity index (χ2n) is 12.4. The van der Waals surface area contributed by atoms with Gasteiger partial charge in [0.2, 0.25) is 0 Å². The molecule has 1 aliphatic heterocycles. The van der Waals surface area contributed by atoms with Gasteiger partial charge in [-0.3, -0.25) is 0 Å². The number of rotatable bonds is 3. The van der Waals surface area contributed by atoms with E-state index in [1.807, 2.05) is 6.07 Å². The molecule has 0 spiro atoms. The van der Waals surface area contributed by atoms with Crippen LogP contribution >= 0.6 is 0 Å². The predicted octanol–water partition coefficient (Wildman–Crippen LogP) is 11.8. The highest BCUT2D eigenvalue weighted by Crippen LogP contribution is 2.59. The zero-order valence-electron chi connectivity index (χ0n) is 25.1. The van der Waals surface area contributed by atoms with Gasteiger partial charge in [-0.05, 0) is 90.5 Å². The van der Waals surface area contributed by atoms with Gasteiger partial charge in [-0.2, -0.15) is 0 Å². The fourth-order valence-electron chi connectivity index (χ4n) is 8.27. The van der Waals surface area contributed by atoms with Crippen molar-refractivity contribution in [1.82, 2.24) is 0 Å². The molecule has 10 rings (SSSR count). The number of fused-ring (bicyclic) bond motifs is 6. The highest BCUT2D eigenvalue weighted by atomic mass is 16.5. The Morgan fingerprint density at radius 3 is 1.74 bits per heavy atom. The van der Waals surface area contributed by atoms with Crippen LogP contribution in [0.2, 0.25) is 0 Å². The molecule has 0 aromatic heterocycles. The first-order chi connectivity index (χ1) is 22.8. The summed E-state index contributed by atoms with van der Waals surface area (Å²) in [6.07, 6.45) is 0. The van der Waals surface area contributed by atoms with Crippen LogP contribution in [0.15, 0.2) is 170 Å². The highest BCUT2D eigenvalue weighted by Gasteiger charge is 2.47. The maximum atomic E-state index is 6.49. The molecule has 1 heteroatoms. The van der Waals surface area contributed by atoms with Crippen LogP contribution in [0.4, 0.5) is 0 Å². The molecule has 2 aliphatic rings. The molecule has 0 saturated carbocycles. The topological polar surface area (TPSA) is 9.23 Å². The standard InChI is InChI=1S/C45H28O/c1-2-15-31(16-3-1)45(40-23-10-7-18-34(40)38-27-29-13-4-5-14-30(29)28-41(38)45)39-22-9-6-17-33(39)32-25-26-43-44-36(32)20-12-21-37(44)35-19-8-11-24-42(35)46-43/h1-28H. The molecule has 1 heterocycles. The van der Waals surface area contributed by atoms with Gasteiger partial charge < -0.3 is 4.74 Å². The van der Waals surface area contributed by atoms with E-state index in [1.54, 1.807) is 0 Å². The van der Waals surface area contributed by atoms with Crippen molar-refractivity contribution >= 4 is 21.5 Å². The summed E-state index contributed by atoms with van der Waals surface area (Å²) in [5.74, 6) is 1.82. The van der Waals surface area contributed by atoms with Crippen molar-refractivity contribution in [3.63, 3.8) is 0 Å². The molecule has 214 valence electrons. The Labute approximate surface area is 268 Å². The molecular formula is C45H28O. The molecule has 1 atom stereocenters. The third-order valence-electron chi connectivity index (χ3n) is 10.1.